The second kappa shape index (κ2) is 8.28. The lowest BCUT2D eigenvalue weighted by atomic mass is 10.00. The van der Waals surface area contributed by atoms with Gasteiger partial charge in [-0.25, -0.2) is 4.39 Å². The Labute approximate surface area is 150 Å². The number of rotatable bonds is 5. The van der Waals surface area contributed by atoms with Crippen molar-refractivity contribution < 1.29 is 13.9 Å². The van der Waals surface area contributed by atoms with Crippen molar-refractivity contribution in [2.45, 2.75) is 52.3 Å². The molecular weight excluding hydrogens is 319 g/mol. The van der Waals surface area contributed by atoms with E-state index in [1.807, 2.05) is 30.9 Å². The minimum absolute atomic E-state index is 0.0456. The van der Waals surface area contributed by atoms with Crippen molar-refractivity contribution in [2.75, 3.05) is 26.7 Å². The number of halogens is 1. The molecule has 0 bridgehead atoms. The van der Waals surface area contributed by atoms with Gasteiger partial charge in [-0.2, -0.15) is 0 Å². The Morgan fingerprint density at radius 2 is 1.92 bits per heavy atom. The molecule has 1 amide bonds. The van der Waals surface area contributed by atoms with Gasteiger partial charge >= 0.3 is 0 Å². The quantitative estimate of drug-likeness (QED) is 0.817. The van der Waals surface area contributed by atoms with Crippen LogP contribution in [0.4, 0.5) is 4.39 Å². The molecule has 1 saturated heterocycles. The van der Waals surface area contributed by atoms with E-state index in [4.69, 9.17) is 4.74 Å². The van der Waals surface area contributed by atoms with E-state index in [2.05, 4.69) is 18.7 Å². The molecular formula is C20H31FN2O2. The average Bonchev–Trinajstić information content (AvgIpc) is 2.79. The summed E-state index contributed by atoms with van der Waals surface area (Å²) in [5, 5.41) is 0. The summed E-state index contributed by atoms with van der Waals surface area (Å²) in [5.74, 6) is 0.252. The van der Waals surface area contributed by atoms with Gasteiger partial charge in [0.15, 0.2) is 0 Å². The largest absolute Gasteiger partial charge is 0.369 e. The van der Waals surface area contributed by atoms with Crippen LogP contribution in [0, 0.1) is 11.7 Å². The molecule has 1 aliphatic rings. The molecule has 2 rings (SSSR count). The summed E-state index contributed by atoms with van der Waals surface area (Å²) < 4.78 is 18.5. The molecule has 25 heavy (non-hydrogen) atoms. The highest BCUT2D eigenvalue weighted by Crippen LogP contribution is 2.22. The molecule has 1 unspecified atom stereocenters. The number of ether oxygens (including phenoxy) is 1. The molecule has 5 heteroatoms. The van der Waals surface area contributed by atoms with Gasteiger partial charge in [-0.1, -0.05) is 26.0 Å². The van der Waals surface area contributed by atoms with Gasteiger partial charge in [0.1, 0.15) is 11.4 Å². The monoisotopic (exact) mass is 350 g/mol. The fraction of sp³-hybridized carbons (Fsp3) is 0.650. The summed E-state index contributed by atoms with van der Waals surface area (Å²) in [6, 6.07) is 6.97. The highest BCUT2D eigenvalue weighted by atomic mass is 19.1. The maximum atomic E-state index is 13.2. The van der Waals surface area contributed by atoms with Gasteiger partial charge in [-0.15, -0.1) is 0 Å². The van der Waals surface area contributed by atoms with Crippen molar-refractivity contribution >= 4 is 5.91 Å². The summed E-state index contributed by atoms with van der Waals surface area (Å²) >= 11 is 0. The molecule has 1 aromatic rings. The molecule has 140 valence electrons. The first kappa shape index (κ1) is 19.9. The fourth-order valence-corrected chi connectivity index (χ4v) is 3.37. The second-order valence-electron chi connectivity index (χ2n) is 7.73. The Bertz CT molecular complexity index is 572. The fourth-order valence-electron chi connectivity index (χ4n) is 3.37. The first-order valence-electron chi connectivity index (χ1n) is 9.07. The molecule has 1 aliphatic heterocycles. The zero-order valence-corrected chi connectivity index (χ0v) is 16.1. The molecule has 0 radical (unpaired) electrons. The number of carbonyl (C=O) groups is 1. The van der Waals surface area contributed by atoms with Crippen molar-refractivity contribution in [1.82, 2.24) is 9.80 Å². The SMILES string of the molecule is COC(C)(C)C(=O)N1CCCN(Cc2ccc(F)cc2)C(C(C)C)C1. The third-order valence-corrected chi connectivity index (χ3v) is 5.13. The smallest absolute Gasteiger partial charge is 0.254 e. The Kier molecular flexibility index (Phi) is 6.58. The lowest BCUT2D eigenvalue weighted by Gasteiger charge is -2.36. The van der Waals surface area contributed by atoms with E-state index in [0.717, 1.165) is 31.6 Å². The van der Waals surface area contributed by atoms with E-state index in [1.165, 1.54) is 12.1 Å². The van der Waals surface area contributed by atoms with Crippen LogP contribution >= 0.6 is 0 Å². The predicted octanol–water partition coefficient (Wildman–Crippen LogP) is 3.31. The van der Waals surface area contributed by atoms with Crippen LogP contribution in [-0.4, -0.2) is 54.1 Å². The molecule has 1 aromatic carbocycles. The van der Waals surface area contributed by atoms with E-state index < -0.39 is 5.60 Å². The topological polar surface area (TPSA) is 32.8 Å². The van der Waals surface area contributed by atoms with Gasteiger partial charge < -0.3 is 9.64 Å². The molecule has 1 fully saturated rings. The van der Waals surface area contributed by atoms with E-state index in [9.17, 15) is 9.18 Å². The minimum atomic E-state index is -0.798. The van der Waals surface area contributed by atoms with Crippen LogP contribution in [0.15, 0.2) is 24.3 Å². The minimum Gasteiger partial charge on any atom is -0.369 e. The first-order valence-corrected chi connectivity index (χ1v) is 9.07. The Morgan fingerprint density at radius 3 is 2.48 bits per heavy atom. The Balaban J connectivity index is 2.15. The van der Waals surface area contributed by atoms with E-state index in [-0.39, 0.29) is 17.8 Å². The molecule has 1 atom stereocenters. The Morgan fingerprint density at radius 1 is 1.28 bits per heavy atom. The molecule has 4 nitrogen and oxygen atoms in total. The number of amides is 1. The molecule has 1 heterocycles. The van der Waals surface area contributed by atoms with E-state index >= 15 is 0 Å². The standard InChI is InChI=1S/C20H31FN2O2/c1-15(2)18-14-23(19(24)20(3,4)25-5)12-6-11-22(18)13-16-7-9-17(21)10-8-16/h7-10,15,18H,6,11-14H2,1-5H3. The van der Waals surface area contributed by atoms with Gasteiger partial charge in [0.05, 0.1) is 0 Å². The van der Waals surface area contributed by atoms with E-state index in [0.29, 0.717) is 12.5 Å². The van der Waals surface area contributed by atoms with Gasteiger partial charge in [-0.05, 0) is 43.9 Å². The molecule has 0 spiro atoms. The van der Waals surface area contributed by atoms with Gasteiger partial charge in [-0.3, -0.25) is 9.69 Å². The normalized spacial score (nSPS) is 20.0. The number of methoxy groups -OCH3 is 1. The van der Waals surface area contributed by atoms with Crippen LogP contribution in [0.2, 0.25) is 0 Å². The Hall–Kier alpha value is -1.46. The zero-order valence-electron chi connectivity index (χ0n) is 16.1. The van der Waals surface area contributed by atoms with Crippen molar-refractivity contribution in [3.05, 3.63) is 35.6 Å². The lowest BCUT2D eigenvalue weighted by Crippen LogP contribution is -2.51. The highest BCUT2D eigenvalue weighted by Gasteiger charge is 2.36. The molecule has 0 saturated carbocycles. The summed E-state index contributed by atoms with van der Waals surface area (Å²) in [6.45, 7) is 11.2. The van der Waals surface area contributed by atoms with Crippen molar-refractivity contribution in [3.63, 3.8) is 0 Å². The van der Waals surface area contributed by atoms with Crippen LogP contribution in [-0.2, 0) is 16.1 Å². The number of carbonyl (C=O) groups excluding carboxylic acids is 1. The first-order chi connectivity index (χ1) is 11.7. The number of hydrogen-bond acceptors (Lipinski definition) is 3. The van der Waals surface area contributed by atoms with Crippen molar-refractivity contribution in [1.29, 1.82) is 0 Å². The van der Waals surface area contributed by atoms with Crippen LogP contribution in [0.5, 0.6) is 0 Å². The summed E-state index contributed by atoms with van der Waals surface area (Å²) in [5.41, 5.74) is 0.303. The van der Waals surface area contributed by atoms with Gasteiger partial charge in [0.2, 0.25) is 0 Å². The third-order valence-electron chi connectivity index (χ3n) is 5.13. The third kappa shape index (κ3) is 5.02. The number of nitrogens with zero attached hydrogens (tertiary/aromatic N) is 2. The van der Waals surface area contributed by atoms with Crippen LogP contribution in [0.1, 0.15) is 39.7 Å². The van der Waals surface area contributed by atoms with Crippen molar-refractivity contribution in [3.8, 4) is 0 Å². The van der Waals surface area contributed by atoms with Gasteiger partial charge in [0.25, 0.3) is 5.91 Å². The molecule has 0 aromatic heterocycles. The average molecular weight is 350 g/mol. The maximum Gasteiger partial charge on any atom is 0.254 e. The van der Waals surface area contributed by atoms with E-state index in [1.54, 1.807) is 7.11 Å². The van der Waals surface area contributed by atoms with Crippen LogP contribution in [0.3, 0.4) is 0 Å². The molecule has 0 aliphatic carbocycles. The molecule has 0 N–H and O–H groups in total. The summed E-state index contributed by atoms with van der Waals surface area (Å²) in [4.78, 5) is 17.2. The predicted molar refractivity (Wildman–Crippen MR) is 97.7 cm³/mol. The summed E-state index contributed by atoms with van der Waals surface area (Å²) in [6.07, 6.45) is 0.927. The van der Waals surface area contributed by atoms with Crippen LogP contribution < -0.4 is 0 Å². The number of benzene rings is 1. The lowest BCUT2D eigenvalue weighted by molar-refractivity contribution is -0.151. The highest BCUT2D eigenvalue weighted by molar-refractivity contribution is 5.84. The summed E-state index contributed by atoms with van der Waals surface area (Å²) in [7, 11) is 1.58. The van der Waals surface area contributed by atoms with Crippen molar-refractivity contribution in [2.24, 2.45) is 5.92 Å². The maximum absolute atomic E-state index is 13.2. The van der Waals surface area contributed by atoms with Gasteiger partial charge in [0, 0.05) is 39.3 Å². The number of hydrogen-bond donors (Lipinski definition) is 0. The zero-order chi connectivity index (χ0) is 18.6. The van der Waals surface area contributed by atoms with Crippen LogP contribution in [0.25, 0.3) is 0 Å². The second-order valence-corrected chi connectivity index (χ2v) is 7.73.